The van der Waals surface area contributed by atoms with E-state index in [0.29, 0.717) is 52.9 Å². The molecule has 240 valence electrons. The van der Waals surface area contributed by atoms with E-state index < -0.39 is 21.7 Å². The molecule has 2 heterocycles. The van der Waals surface area contributed by atoms with Crippen LogP contribution in [0.25, 0.3) is 11.3 Å². The van der Waals surface area contributed by atoms with Gasteiger partial charge in [-0.1, -0.05) is 23.7 Å². The maximum Gasteiger partial charge on any atom is 0.407 e. The molecule has 0 aliphatic heterocycles. The normalized spacial score (nSPS) is 15.2. The van der Waals surface area contributed by atoms with Gasteiger partial charge in [-0.3, -0.25) is 4.72 Å². The highest BCUT2D eigenvalue weighted by atomic mass is 35.5. The molecule has 11 nitrogen and oxygen atoms in total. The topological polar surface area (TPSA) is 145 Å². The molecule has 1 aliphatic carbocycles. The van der Waals surface area contributed by atoms with E-state index in [-0.39, 0.29) is 16.0 Å². The van der Waals surface area contributed by atoms with Crippen LogP contribution in [0.15, 0.2) is 82.9 Å². The van der Waals surface area contributed by atoms with Crippen molar-refractivity contribution in [1.82, 2.24) is 20.3 Å². The predicted octanol–water partition coefficient (Wildman–Crippen LogP) is 7.63. The standard InChI is InChI=1S/C33H35ClN6O5S/c1-21-20-24(40-46(42,43)29-10-6-5-9-26(29)34)15-16-28(21)44-30-25(8-7-18-35-30)27-17-19-36-31(39-27)37-22-11-13-23(14-12-22)38-32(41)45-33(2,3)4/h5-10,15-20,23,40H,11-14H2,1-4H3,(H,38,41). The molecule has 1 amide bonds. The summed E-state index contributed by atoms with van der Waals surface area (Å²) >= 11 is 6.10. The van der Waals surface area contributed by atoms with E-state index in [1.807, 2.05) is 33.8 Å². The highest BCUT2D eigenvalue weighted by Crippen LogP contribution is 2.34. The number of benzene rings is 2. The van der Waals surface area contributed by atoms with Gasteiger partial charge in [-0.15, -0.1) is 0 Å². The Morgan fingerprint density at radius 1 is 1.00 bits per heavy atom. The molecule has 13 heteroatoms. The van der Waals surface area contributed by atoms with Crippen molar-refractivity contribution in [3.8, 4) is 22.9 Å². The second-order valence-corrected chi connectivity index (χ2v) is 13.9. The second kappa shape index (κ2) is 13.8. The number of halogens is 1. The number of pyridine rings is 1. The van der Waals surface area contributed by atoms with E-state index in [9.17, 15) is 13.2 Å². The summed E-state index contributed by atoms with van der Waals surface area (Å²) in [5.41, 5.74) is 2.68. The number of ether oxygens (including phenoxy) is 2. The number of nitrogens with one attached hydrogen (secondary N) is 2. The molecule has 1 aliphatic rings. The molecule has 0 saturated heterocycles. The third-order valence-corrected chi connectivity index (χ3v) is 8.87. The van der Waals surface area contributed by atoms with Gasteiger partial charge in [0.1, 0.15) is 16.2 Å². The van der Waals surface area contributed by atoms with E-state index >= 15 is 0 Å². The van der Waals surface area contributed by atoms with Crippen molar-refractivity contribution < 1.29 is 22.7 Å². The summed E-state index contributed by atoms with van der Waals surface area (Å²) in [6.07, 6.45) is 5.76. The van der Waals surface area contributed by atoms with Gasteiger partial charge >= 0.3 is 6.09 Å². The Labute approximate surface area is 273 Å². The zero-order chi connectivity index (χ0) is 32.9. The van der Waals surface area contributed by atoms with Gasteiger partial charge in [-0.05, 0) is 107 Å². The lowest BCUT2D eigenvalue weighted by Gasteiger charge is -2.26. The maximum atomic E-state index is 12.9. The van der Waals surface area contributed by atoms with Gasteiger partial charge < -0.3 is 14.8 Å². The van der Waals surface area contributed by atoms with Crippen LogP contribution in [0.4, 0.5) is 16.4 Å². The van der Waals surface area contributed by atoms with Crippen molar-refractivity contribution in [2.45, 2.75) is 69.9 Å². The van der Waals surface area contributed by atoms with Crippen molar-refractivity contribution in [2.24, 2.45) is 4.99 Å². The van der Waals surface area contributed by atoms with E-state index in [2.05, 4.69) is 25.0 Å². The maximum absolute atomic E-state index is 12.9. The quantitative estimate of drug-likeness (QED) is 0.196. The van der Waals surface area contributed by atoms with Crippen molar-refractivity contribution in [1.29, 1.82) is 0 Å². The number of nitrogens with zero attached hydrogens (tertiary/aromatic N) is 4. The Morgan fingerprint density at radius 2 is 1.76 bits per heavy atom. The molecule has 5 rings (SSSR count). The highest BCUT2D eigenvalue weighted by Gasteiger charge is 2.23. The summed E-state index contributed by atoms with van der Waals surface area (Å²) in [7, 11) is -3.89. The van der Waals surface area contributed by atoms with Gasteiger partial charge in [0.2, 0.25) is 11.8 Å². The fraction of sp³-hybridized carbons (Fsp3) is 0.303. The number of amides is 1. The number of aryl methyl sites for hydroxylation is 1. The van der Waals surface area contributed by atoms with E-state index in [1.54, 1.807) is 54.9 Å². The molecule has 4 aromatic rings. The van der Waals surface area contributed by atoms with E-state index in [4.69, 9.17) is 26.1 Å². The molecule has 0 bridgehead atoms. The molecule has 2 aromatic carbocycles. The Morgan fingerprint density at radius 3 is 2.48 bits per heavy atom. The first kappa shape index (κ1) is 32.8. The van der Waals surface area contributed by atoms with Gasteiger partial charge in [0.05, 0.1) is 16.3 Å². The van der Waals surface area contributed by atoms with Gasteiger partial charge in [-0.2, -0.15) is 0 Å². The minimum Gasteiger partial charge on any atom is -0.444 e. The third kappa shape index (κ3) is 8.58. The van der Waals surface area contributed by atoms with Gasteiger partial charge in [0.15, 0.2) is 0 Å². The van der Waals surface area contributed by atoms with Gasteiger partial charge in [-0.25, -0.2) is 33.2 Å². The molecule has 0 unspecified atom stereocenters. The molecule has 0 radical (unpaired) electrons. The molecule has 2 N–H and O–H groups in total. The minimum atomic E-state index is -3.89. The lowest BCUT2D eigenvalue weighted by Crippen LogP contribution is -2.41. The summed E-state index contributed by atoms with van der Waals surface area (Å²) in [6.45, 7) is 7.32. The fourth-order valence-corrected chi connectivity index (χ4v) is 6.42. The number of anilines is 1. The van der Waals surface area contributed by atoms with Gasteiger partial charge in [0, 0.05) is 29.8 Å². The number of carbonyl (C=O) groups excluding carboxylic acids is 1. The molecule has 2 aromatic heterocycles. The van der Waals surface area contributed by atoms with Gasteiger partial charge in [0.25, 0.3) is 10.0 Å². The van der Waals surface area contributed by atoms with Crippen molar-refractivity contribution >= 4 is 45.1 Å². The predicted molar refractivity (Wildman–Crippen MR) is 177 cm³/mol. The molecule has 46 heavy (non-hydrogen) atoms. The van der Waals surface area contributed by atoms with Crippen molar-refractivity contribution in [3.63, 3.8) is 0 Å². The number of hydrogen-bond donors (Lipinski definition) is 2. The molecule has 1 saturated carbocycles. The van der Waals surface area contributed by atoms with Crippen LogP contribution < -0.4 is 14.8 Å². The molecule has 0 atom stereocenters. The number of alkyl carbamates (subject to hydrolysis) is 1. The molecular weight excluding hydrogens is 628 g/mol. The smallest absolute Gasteiger partial charge is 0.407 e. The minimum absolute atomic E-state index is 0.00925. The van der Waals surface area contributed by atoms with E-state index in [1.165, 1.54) is 12.1 Å². The summed E-state index contributed by atoms with van der Waals surface area (Å²) in [5.74, 6) is 1.14. The monoisotopic (exact) mass is 662 g/mol. The SMILES string of the molecule is Cc1cc(NS(=O)(=O)c2ccccc2Cl)ccc1Oc1ncccc1-c1ccnc(N=C2CCC(NC(=O)OC(C)(C)C)CC2)n1. The van der Waals surface area contributed by atoms with Crippen LogP contribution in [0.2, 0.25) is 5.02 Å². The summed E-state index contributed by atoms with van der Waals surface area (Å²) in [5, 5.41) is 3.07. The van der Waals surface area contributed by atoms with Crippen LogP contribution in [0.5, 0.6) is 11.6 Å². The molecule has 1 fully saturated rings. The molecular formula is C33H35ClN6O5S. The number of aliphatic imine (C=N–C) groups is 1. The lowest BCUT2D eigenvalue weighted by atomic mass is 9.94. The van der Waals surface area contributed by atoms with Crippen LogP contribution in [0.1, 0.15) is 52.0 Å². The second-order valence-electron chi connectivity index (χ2n) is 11.8. The number of hydrogen-bond acceptors (Lipinski definition) is 9. The summed E-state index contributed by atoms with van der Waals surface area (Å²) in [4.78, 5) is 30.3. The van der Waals surface area contributed by atoms with Crippen LogP contribution >= 0.6 is 11.6 Å². The zero-order valence-corrected chi connectivity index (χ0v) is 27.5. The lowest BCUT2D eigenvalue weighted by molar-refractivity contribution is 0.0498. The van der Waals surface area contributed by atoms with Crippen LogP contribution in [-0.2, 0) is 14.8 Å². The first-order chi connectivity index (χ1) is 21.9. The number of sulfonamides is 1. The Bertz CT molecular complexity index is 1870. The van der Waals surface area contributed by atoms with Crippen LogP contribution in [-0.4, -0.2) is 46.8 Å². The van der Waals surface area contributed by atoms with Crippen LogP contribution in [0.3, 0.4) is 0 Å². The first-order valence-corrected chi connectivity index (χ1v) is 16.6. The number of carbonyl (C=O) groups is 1. The number of rotatable bonds is 8. The average Bonchev–Trinajstić information content (AvgIpc) is 2.99. The fourth-order valence-electron chi connectivity index (χ4n) is 4.85. The Balaban J connectivity index is 1.27. The third-order valence-electron chi connectivity index (χ3n) is 6.99. The van der Waals surface area contributed by atoms with Crippen molar-refractivity contribution in [2.75, 3.05) is 4.72 Å². The first-order valence-electron chi connectivity index (χ1n) is 14.8. The summed E-state index contributed by atoms with van der Waals surface area (Å²) in [6, 6.07) is 16.6. The summed E-state index contributed by atoms with van der Waals surface area (Å²) < 4.78 is 39.9. The Kier molecular flexibility index (Phi) is 9.88. The highest BCUT2D eigenvalue weighted by molar-refractivity contribution is 7.92. The zero-order valence-electron chi connectivity index (χ0n) is 26.0. The number of aromatic nitrogens is 3. The Hall–Kier alpha value is -4.55. The largest absolute Gasteiger partial charge is 0.444 e. The van der Waals surface area contributed by atoms with E-state index in [0.717, 1.165) is 18.6 Å². The van der Waals surface area contributed by atoms with Crippen LogP contribution in [0, 0.1) is 6.92 Å². The van der Waals surface area contributed by atoms with Crippen molar-refractivity contribution in [3.05, 3.63) is 83.6 Å². The average molecular weight is 663 g/mol. The molecule has 0 spiro atoms.